The lowest BCUT2D eigenvalue weighted by Gasteiger charge is -2.09. The first-order chi connectivity index (χ1) is 10.5. The van der Waals surface area contributed by atoms with Gasteiger partial charge in [0, 0.05) is 18.0 Å². The van der Waals surface area contributed by atoms with Gasteiger partial charge in [0.05, 0.1) is 11.3 Å². The molecule has 6 heteroatoms. The molecule has 0 saturated carbocycles. The number of hydrogen-bond donors (Lipinski definition) is 0. The van der Waals surface area contributed by atoms with Gasteiger partial charge in [-0.15, -0.1) is 0 Å². The molecule has 0 unspecified atom stereocenters. The Hall–Kier alpha value is -2.76. The van der Waals surface area contributed by atoms with Gasteiger partial charge in [0.25, 0.3) is 0 Å². The number of rotatable bonds is 2. The summed E-state index contributed by atoms with van der Waals surface area (Å²) in [5.41, 5.74) is 0.646. The lowest BCUT2D eigenvalue weighted by Crippen LogP contribution is -2.04. The van der Waals surface area contributed by atoms with Crippen LogP contribution in [-0.2, 0) is 6.18 Å². The minimum absolute atomic E-state index is 0.396. The maximum absolute atomic E-state index is 12.8. The lowest BCUT2D eigenvalue weighted by atomic mass is 10.1. The number of aromatic nitrogens is 3. The van der Waals surface area contributed by atoms with Crippen molar-refractivity contribution in [2.24, 2.45) is 0 Å². The van der Waals surface area contributed by atoms with E-state index in [1.54, 1.807) is 42.7 Å². The van der Waals surface area contributed by atoms with Gasteiger partial charge in [-0.05, 0) is 30.3 Å². The van der Waals surface area contributed by atoms with Gasteiger partial charge in [-0.3, -0.25) is 0 Å². The van der Waals surface area contributed by atoms with E-state index in [2.05, 4.69) is 15.0 Å². The van der Waals surface area contributed by atoms with Crippen molar-refractivity contribution >= 4 is 0 Å². The monoisotopic (exact) mass is 301 g/mol. The molecular formula is C16H10F3N3. The van der Waals surface area contributed by atoms with Crippen LogP contribution in [-0.4, -0.2) is 15.0 Å². The molecule has 0 aliphatic carbocycles. The molecule has 3 aromatic rings. The summed E-state index contributed by atoms with van der Waals surface area (Å²) >= 11 is 0. The third-order valence-corrected chi connectivity index (χ3v) is 3.03. The molecule has 0 bridgehead atoms. The first-order valence-electron chi connectivity index (χ1n) is 6.46. The standard InChI is InChI=1S/C16H10F3N3/c17-16(18,19)12-5-1-4-11(10-12)13-6-2-7-14(22-13)15-20-8-3-9-21-15/h1-10H. The highest BCUT2D eigenvalue weighted by atomic mass is 19.4. The van der Waals surface area contributed by atoms with Crippen LogP contribution >= 0.6 is 0 Å². The molecular weight excluding hydrogens is 291 g/mol. The Morgan fingerprint density at radius 1 is 0.773 bits per heavy atom. The van der Waals surface area contributed by atoms with Gasteiger partial charge in [0.15, 0.2) is 5.82 Å². The molecule has 0 saturated heterocycles. The third kappa shape index (κ3) is 2.95. The van der Waals surface area contributed by atoms with Crippen LogP contribution in [0.3, 0.4) is 0 Å². The van der Waals surface area contributed by atoms with Gasteiger partial charge in [-0.25, -0.2) is 15.0 Å². The first-order valence-corrected chi connectivity index (χ1v) is 6.46. The van der Waals surface area contributed by atoms with Crippen molar-refractivity contribution in [2.45, 2.75) is 6.18 Å². The van der Waals surface area contributed by atoms with Crippen molar-refractivity contribution in [3.05, 3.63) is 66.5 Å². The van der Waals surface area contributed by atoms with E-state index in [1.165, 1.54) is 6.07 Å². The Bertz CT molecular complexity index is 786. The molecule has 3 nitrogen and oxygen atoms in total. The molecule has 110 valence electrons. The highest BCUT2D eigenvalue weighted by Gasteiger charge is 2.30. The van der Waals surface area contributed by atoms with E-state index in [0.29, 0.717) is 22.8 Å². The molecule has 0 amide bonds. The maximum atomic E-state index is 12.8. The van der Waals surface area contributed by atoms with Crippen LogP contribution in [0.4, 0.5) is 13.2 Å². The second-order valence-corrected chi connectivity index (χ2v) is 4.56. The summed E-state index contributed by atoms with van der Waals surface area (Å²) in [4.78, 5) is 12.5. The zero-order valence-corrected chi connectivity index (χ0v) is 11.2. The molecule has 0 N–H and O–H groups in total. The summed E-state index contributed by atoms with van der Waals surface area (Å²) < 4.78 is 38.4. The number of hydrogen-bond acceptors (Lipinski definition) is 3. The van der Waals surface area contributed by atoms with Crippen LogP contribution in [0.2, 0.25) is 0 Å². The second kappa shape index (κ2) is 5.55. The van der Waals surface area contributed by atoms with Crippen molar-refractivity contribution in [3.63, 3.8) is 0 Å². The molecule has 22 heavy (non-hydrogen) atoms. The number of pyridine rings is 1. The molecule has 0 atom stereocenters. The normalized spacial score (nSPS) is 11.4. The average molecular weight is 301 g/mol. The zero-order valence-electron chi connectivity index (χ0n) is 11.2. The van der Waals surface area contributed by atoms with E-state index >= 15 is 0 Å². The van der Waals surface area contributed by atoms with E-state index in [-0.39, 0.29) is 0 Å². The smallest absolute Gasteiger partial charge is 0.244 e. The predicted molar refractivity (Wildman–Crippen MR) is 75.7 cm³/mol. The summed E-state index contributed by atoms with van der Waals surface area (Å²) in [5, 5.41) is 0. The van der Waals surface area contributed by atoms with Crippen molar-refractivity contribution < 1.29 is 13.2 Å². The summed E-state index contributed by atoms with van der Waals surface area (Å²) in [5.74, 6) is 0.427. The van der Waals surface area contributed by atoms with Gasteiger partial charge in [0.1, 0.15) is 5.69 Å². The van der Waals surface area contributed by atoms with E-state index in [0.717, 1.165) is 12.1 Å². The largest absolute Gasteiger partial charge is 0.416 e. The minimum atomic E-state index is -4.38. The van der Waals surface area contributed by atoms with E-state index < -0.39 is 11.7 Å². The molecule has 0 spiro atoms. The Labute approximate surface area is 124 Å². The Morgan fingerprint density at radius 3 is 2.18 bits per heavy atom. The molecule has 0 aliphatic rings. The van der Waals surface area contributed by atoms with Crippen LogP contribution < -0.4 is 0 Å². The van der Waals surface area contributed by atoms with Gasteiger partial charge in [-0.1, -0.05) is 18.2 Å². The molecule has 1 aromatic carbocycles. The number of nitrogens with zero attached hydrogens (tertiary/aromatic N) is 3. The summed E-state index contributed by atoms with van der Waals surface area (Å²) in [6, 6.07) is 11.8. The van der Waals surface area contributed by atoms with Crippen molar-refractivity contribution in [1.29, 1.82) is 0 Å². The van der Waals surface area contributed by atoms with E-state index in [4.69, 9.17) is 0 Å². The molecule has 0 radical (unpaired) electrons. The van der Waals surface area contributed by atoms with Crippen LogP contribution in [0.1, 0.15) is 5.56 Å². The first kappa shape index (κ1) is 14.2. The molecule has 2 aromatic heterocycles. The fourth-order valence-corrected chi connectivity index (χ4v) is 2.01. The van der Waals surface area contributed by atoms with Crippen LogP contribution in [0.15, 0.2) is 60.9 Å². The van der Waals surface area contributed by atoms with Crippen molar-refractivity contribution in [3.8, 4) is 22.8 Å². The predicted octanol–water partition coefficient (Wildman–Crippen LogP) is 4.22. The zero-order chi connectivity index (χ0) is 15.6. The SMILES string of the molecule is FC(F)(F)c1cccc(-c2cccc(-c3ncccn3)n2)c1. The maximum Gasteiger partial charge on any atom is 0.416 e. The van der Waals surface area contributed by atoms with Crippen molar-refractivity contribution in [1.82, 2.24) is 15.0 Å². The number of halogens is 3. The molecule has 0 fully saturated rings. The molecule has 0 aliphatic heterocycles. The number of alkyl halides is 3. The topological polar surface area (TPSA) is 38.7 Å². The quantitative estimate of drug-likeness (QED) is 0.711. The summed E-state index contributed by atoms with van der Waals surface area (Å²) in [6.45, 7) is 0. The Kier molecular flexibility index (Phi) is 3.58. The summed E-state index contributed by atoms with van der Waals surface area (Å²) in [7, 11) is 0. The van der Waals surface area contributed by atoms with Gasteiger partial charge in [-0.2, -0.15) is 13.2 Å². The van der Waals surface area contributed by atoms with Gasteiger partial charge >= 0.3 is 6.18 Å². The van der Waals surface area contributed by atoms with Crippen molar-refractivity contribution in [2.75, 3.05) is 0 Å². The fraction of sp³-hybridized carbons (Fsp3) is 0.0625. The van der Waals surface area contributed by atoms with Crippen LogP contribution in [0, 0.1) is 0 Å². The lowest BCUT2D eigenvalue weighted by molar-refractivity contribution is -0.137. The fourth-order valence-electron chi connectivity index (χ4n) is 2.01. The Morgan fingerprint density at radius 2 is 1.45 bits per heavy atom. The highest BCUT2D eigenvalue weighted by Crippen LogP contribution is 2.32. The average Bonchev–Trinajstić information content (AvgIpc) is 2.55. The van der Waals surface area contributed by atoms with Crippen LogP contribution in [0.25, 0.3) is 22.8 Å². The highest BCUT2D eigenvalue weighted by molar-refractivity contribution is 5.63. The van der Waals surface area contributed by atoms with Crippen LogP contribution in [0.5, 0.6) is 0 Å². The minimum Gasteiger partial charge on any atom is -0.244 e. The summed E-state index contributed by atoms with van der Waals surface area (Å²) in [6.07, 6.45) is -1.21. The Balaban J connectivity index is 2.03. The number of benzene rings is 1. The van der Waals surface area contributed by atoms with Gasteiger partial charge < -0.3 is 0 Å². The van der Waals surface area contributed by atoms with E-state index in [1.807, 2.05) is 0 Å². The van der Waals surface area contributed by atoms with E-state index in [9.17, 15) is 13.2 Å². The van der Waals surface area contributed by atoms with Gasteiger partial charge in [0.2, 0.25) is 0 Å². The second-order valence-electron chi connectivity index (χ2n) is 4.56. The molecule has 3 rings (SSSR count). The molecule has 2 heterocycles. The third-order valence-electron chi connectivity index (χ3n) is 3.03.